The second kappa shape index (κ2) is 8.15. The first-order chi connectivity index (χ1) is 13.9. The van der Waals surface area contributed by atoms with E-state index in [-0.39, 0.29) is 5.91 Å². The Balaban J connectivity index is 1.55. The molecule has 2 aliphatic heterocycles. The number of aryl methyl sites for hydroxylation is 1. The van der Waals surface area contributed by atoms with Gasteiger partial charge in [0.05, 0.1) is 0 Å². The first-order valence-corrected chi connectivity index (χ1v) is 10.7. The van der Waals surface area contributed by atoms with Crippen LogP contribution in [0.4, 0.5) is 11.4 Å². The van der Waals surface area contributed by atoms with Crippen molar-refractivity contribution in [2.75, 3.05) is 50.1 Å². The molecule has 2 fully saturated rings. The van der Waals surface area contributed by atoms with Crippen molar-refractivity contribution >= 4 is 43.6 Å². The number of hydrogen-bond donors (Lipinski definition) is 0. The fourth-order valence-corrected chi connectivity index (χ4v) is 4.28. The van der Waals surface area contributed by atoms with Crippen molar-refractivity contribution in [3.05, 3.63) is 65.4 Å². The van der Waals surface area contributed by atoms with Crippen molar-refractivity contribution in [2.45, 2.75) is 6.92 Å². The molecular weight excluding hydrogens is 427 g/mol. The van der Waals surface area contributed by atoms with Gasteiger partial charge in [0.1, 0.15) is 0 Å². The summed E-state index contributed by atoms with van der Waals surface area (Å²) in [5.41, 5.74) is 4.97. The van der Waals surface area contributed by atoms with Crippen molar-refractivity contribution in [3.8, 4) is 0 Å². The number of anilines is 2. The van der Waals surface area contributed by atoms with E-state index in [1.54, 1.807) is 4.90 Å². The molecule has 29 heavy (non-hydrogen) atoms. The van der Waals surface area contributed by atoms with Crippen LogP contribution in [0.5, 0.6) is 0 Å². The monoisotopic (exact) mass is 454 g/mol. The number of hydrogen-bond acceptors (Lipinski definition) is 4. The van der Waals surface area contributed by atoms with Gasteiger partial charge in [-0.25, -0.2) is 0 Å². The first kappa shape index (κ1) is 19.9. The van der Waals surface area contributed by atoms with Gasteiger partial charge >= 0.3 is 173 Å². The van der Waals surface area contributed by atoms with Crippen LogP contribution >= 0.6 is 0 Å². The summed E-state index contributed by atoms with van der Waals surface area (Å²) in [5, 5.41) is 0. The third-order valence-electron chi connectivity index (χ3n) is 5.62. The Hall–Kier alpha value is -2.40. The van der Waals surface area contributed by atoms with Crippen LogP contribution in [0.15, 0.2) is 54.2 Å². The molecule has 2 saturated heterocycles. The Morgan fingerprint density at radius 2 is 1.45 bits per heavy atom. The van der Waals surface area contributed by atoms with Gasteiger partial charge in [-0.15, -0.1) is 0 Å². The van der Waals surface area contributed by atoms with E-state index in [0.717, 1.165) is 42.1 Å². The zero-order valence-electron chi connectivity index (χ0n) is 17.1. The summed E-state index contributed by atoms with van der Waals surface area (Å²) in [6.07, 6.45) is 1.96. The summed E-state index contributed by atoms with van der Waals surface area (Å²) in [6.45, 7) is 6.32. The molecule has 0 radical (unpaired) electrons. The Bertz CT molecular complexity index is 944. The molecule has 2 aromatic carbocycles. The van der Waals surface area contributed by atoms with Crippen molar-refractivity contribution < 1.29 is 4.79 Å². The fraction of sp³-hybridized carbons (Fsp3) is 0.304. The molecule has 150 valence electrons. The van der Waals surface area contributed by atoms with Crippen LogP contribution in [0.25, 0.3) is 6.08 Å². The molecule has 0 N–H and O–H groups in total. The van der Waals surface area contributed by atoms with Crippen molar-refractivity contribution in [3.63, 3.8) is 0 Å². The van der Waals surface area contributed by atoms with Gasteiger partial charge in [-0.3, -0.25) is 0 Å². The molecule has 0 atom stereocenters. The number of carbonyl (C=O) groups is 1. The summed E-state index contributed by atoms with van der Waals surface area (Å²) in [5.74, 6) is -0.0201. The molecule has 4 rings (SSSR count). The first-order valence-electron chi connectivity index (χ1n) is 9.88. The molecule has 0 bridgehead atoms. The van der Waals surface area contributed by atoms with Crippen LogP contribution in [-0.4, -0.2) is 76.2 Å². The predicted molar refractivity (Wildman–Crippen MR) is 121 cm³/mol. The SMILES string of the molecule is Cc1ccc(N2C(=O)/C(=C\c3ccc(N4CCN(C)CC4)cc3)N(C)C2=[Se])cc1. The van der Waals surface area contributed by atoms with Crippen LogP contribution in [0.1, 0.15) is 11.1 Å². The summed E-state index contributed by atoms with van der Waals surface area (Å²) in [4.78, 5) is 21.5. The van der Waals surface area contributed by atoms with Gasteiger partial charge in [0, 0.05) is 0 Å². The van der Waals surface area contributed by atoms with E-state index in [4.69, 9.17) is 0 Å². The fourth-order valence-electron chi connectivity index (χ4n) is 3.68. The molecule has 2 aliphatic rings. The summed E-state index contributed by atoms with van der Waals surface area (Å²) < 4.78 is 0.791. The minimum absolute atomic E-state index is 0.0201. The van der Waals surface area contributed by atoms with Crippen molar-refractivity contribution in [1.29, 1.82) is 0 Å². The standard InChI is InChI=1S/C23H26N4OSe/c1-17-4-8-20(9-5-17)27-22(28)21(25(3)23(27)29)16-18-6-10-19(11-7-18)26-14-12-24(2)13-15-26/h4-11,16H,12-15H2,1-3H3/b21-16+. The maximum absolute atomic E-state index is 13.1. The van der Waals surface area contributed by atoms with E-state index in [2.05, 4.69) is 56.7 Å². The van der Waals surface area contributed by atoms with Gasteiger partial charge in [-0.1, -0.05) is 0 Å². The maximum atomic E-state index is 13.1. The van der Waals surface area contributed by atoms with Gasteiger partial charge in [0.15, 0.2) is 0 Å². The molecule has 2 aromatic rings. The quantitative estimate of drug-likeness (QED) is 0.527. The zero-order chi connectivity index (χ0) is 20.5. The molecule has 6 heteroatoms. The molecule has 0 aromatic heterocycles. The number of nitrogens with zero attached hydrogens (tertiary/aromatic N) is 4. The van der Waals surface area contributed by atoms with E-state index in [0.29, 0.717) is 5.70 Å². The summed E-state index contributed by atoms with van der Waals surface area (Å²) >= 11 is 3.05. The van der Waals surface area contributed by atoms with Crippen molar-refractivity contribution in [1.82, 2.24) is 9.80 Å². The number of piperazine rings is 1. The average molecular weight is 453 g/mol. The Morgan fingerprint density at radius 3 is 2.07 bits per heavy atom. The summed E-state index contributed by atoms with van der Waals surface area (Å²) in [7, 11) is 4.08. The molecular formula is C23H26N4OSe. The van der Waals surface area contributed by atoms with Gasteiger partial charge in [0.2, 0.25) is 0 Å². The Kier molecular flexibility index (Phi) is 5.59. The predicted octanol–water partition coefficient (Wildman–Crippen LogP) is 2.32. The van der Waals surface area contributed by atoms with E-state index in [1.807, 2.05) is 49.2 Å². The summed E-state index contributed by atoms with van der Waals surface area (Å²) in [6, 6.07) is 16.5. The van der Waals surface area contributed by atoms with E-state index in [1.165, 1.54) is 11.3 Å². The number of likely N-dealkylation sites (N-methyl/N-ethyl adjacent to an activating group) is 2. The van der Waals surface area contributed by atoms with Gasteiger partial charge in [0.25, 0.3) is 0 Å². The Morgan fingerprint density at radius 1 is 0.862 bits per heavy atom. The average Bonchev–Trinajstić information content (AvgIpc) is 2.93. The van der Waals surface area contributed by atoms with Crippen LogP contribution in [0.3, 0.4) is 0 Å². The van der Waals surface area contributed by atoms with Crippen LogP contribution in [0, 0.1) is 6.92 Å². The molecule has 0 unspecified atom stereocenters. The van der Waals surface area contributed by atoms with Gasteiger partial charge in [-0.05, 0) is 7.05 Å². The minimum atomic E-state index is -0.0201. The molecule has 2 heterocycles. The molecule has 5 nitrogen and oxygen atoms in total. The van der Waals surface area contributed by atoms with Crippen LogP contribution in [0.2, 0.25) is 0 Å². The number of amides is 1. The van der Waals surface area contributed by atoms with E-state index >= 15 is 0 Å². The number of benzene rings is 2. The Labute approximate surface area is 180 Å². The normalized spacial score (nSPS) is 19.6. The second-order valence-electron chi connectivity index (χ2n) is 7.73. The molecule has 1 amide bonds. The third-order valence-corrected chi connectivity index (χ3v) is 6.58. The van der Waals surface area contributed by atoms with E-state index < -0.39 is 0 Å². The van der Waals surface area contributed by atoms with Gasteiger partial charge in [-0.2, -0.15) is 0 Å². The van der Waals surface area contributed by atoms with Crippen LogP contribution in [-0.2, 0) is 4.79 Å². The third kappa shape index (κ3) is 4.01. The zero-order valence-corrected chi connectivity index (χ0v) is 18.8. The molecule has 0 saturated carbocycles. The second-order valence-corrected chi connectivity index (χ2v) is 8.50. The van der Waals surface area contributed by atoms with Crippen molar-refractivity contribution in [2.24, 2.45) is 0 Å². The van der Waals surface area contributed by atoms with E-state index in [9.17, 15) is 4.79 Å². The number of rotatable bonds is 3. The van der Waals surface area contributed by atoms with Gasteiger partial charge < -0.3 is 0 Å². The molecule has 0 spiro atoms. The topological polar surface area (TPSA) is 30.0 Å². The van der Waals surface area contributed by atoms with Crippen LogP contribution < -0.4 is 9.80 Å². The molecule has 0 aliphatic carbocycles. The number of carbonyl (C=O) groups excluding carboxylic acids is 1.